The maximum Gasteiger partial charge on any atom is 0.223 e. The van der Waals surface area contributed by atoms with Gasteiger partial charge in [0.1, 0.15) is 5.75 Å². The first-order chi connectivity index (χ1) is 12.4. The number of rotatable bonds is 9. The van der Waals surface area contributed by atoms with Crippen molar-refractivity contribution in [2.24, 2.45) is 5.92 Å². The van der Waals surface area contributed by atoms with Crippen molar-refractivity contribution in [2.75, 3.05) is 26.0 Å². The standard InChI is InChI=1S/C19H30N2O4S/c1-4-15(5-2)19(22)20-10-6-12-26(23,24)21-11-9-16-13-18(25-3)8-7-17(16)14-21/h7-8,13,15H,4-6,9-12,14H2,1-3H3,(H,20,22). The molecule has 0 saturated heterocycles. The highest BCUT2D eigenvalue weighted by Crippen LogP contribution is 2.25. The maximum absolute atomic E-state index is 12.6. The lowest BCUT2D eigenvalue weighted by Crippen LogP contribution is -2.38. The summed E-state index contributed by atoms with van der Waals surface area (Å²) < 4.78 is 32.0. The number of sulfonamides is 1. The minimum absolute atomic E-state index is 0.0159. The van der Waals surface area contributed by atoms with Crippen molar-refractivity contribution < 1.29 is 17.9 Å². The Morgan fingerprint density at radius 3 is 2.65 bits per heavy atom. The molecule has 0 aliphatic carbocycles. The summed E-state index contributed by atoms with van der Waals surface area (Å²) in [7, 11) is -1.69. The molecule has 0 atom stereocenters. The molecule has 0 radical (unpaired) electrons. The molecule has 0 bridgehead atoms. The van der Waals surface area contributed by atoms with Gasteiger partial charge in [-0.15, -0.1) is 0 Å². The molecule has 1 aromatic rings. The topological polar surface area (TPSA) is 75.7 Å². The van der Waals surface area contributed by atoms with Crippen molar-refractivity contribution in [2.45, 2.75) is 46.1 Å². The zero-order valence-electron chi connectivity index (χ0n) is 16.0. The van der Waals surface area contributed by atoms with Gasteiger partial charge in [-0.05, 0) is 48.9 Å². The average Bonchev–Trinajstić information content (AvgIpc) is 2.65. The van der Waals surface area contributed by atoms with E-state index >= 15 is 0 Å². The lowest BCUT2D eigenvalue weighted by atomic mass is 10.0. The molecule has 0 aromatic heterocycles. The number of amides is 1. The van der Waals surface area contributed by atoms with Crippen LogP contribution in [0.15, 0.2) is 18.2 Å². The van der Waals surface area contributed by atoms with Gasteiger partial charge in [-0.1, -0.05) is 19.9 Å². The minimum atomic E-state index is -3.32. The van der Waals surface area contributed by atoms with Crippen LogP contribution in [0.4, 0.5) is 0 Å². The van der Waals surface area contributed by atoms with Crippen LogP contribution in [0.2, 0.25) is 0 Å². The van der Waals surface area contributed by atoms with E-state index in [0.29, 0.717) is 32.5 Å². The number of methoxy groups -OCH3 is 1. The molecule has 1 aliphatic heterocycles. The van der Waals surface area contributed by atoms with Crippen molar-refractivity contribution in [1.82, 2.24) is 9.62 Å². The molecule has 1 aliphatic rings. The SMILES string of the molecule is CCC(CC)C(=O)NCCCS(=O)(=O)N1CCc2cc(OC)ccc2C1. The number of carbonyl (C=O) groups excluding carboxylic acids is 1. The van der Waals surface area contributed by atoms with E-state index in [1.807, 2.05) is 32.0 Å². The molecule has 0 fully saturated rings. The van der Waals surface area contributed by atoms with Crippen molar-refractivity contribution in [3.63, 3.8) is 0 Å². The van der Waals surface area contributed by atoms with Gasteiger partial charge in [0, 0.05) is 25.6 Å². The number of fused-ring (bicyclic) bond motifs is 1. The molecule has 6 nitrogen and oxygen atoms in total. The number of hydrogen-bond donors (Lipinski definition) is 1. The van der Waals surface area contributed by atoms with E-state index in [0.717, 1.165) is 29.7 Å². The Kier molecular flexibility index (Phi) is 7.46. The van der Waals surface area contributed by atoms with E-state index in [1.54, 1.807) is 11.4 Å². The monoisotopic (exact) mass is 382 g/mol. The Balaban J connectivity index is 1.85. The summed E-state index contributed by atoms with van der Waals surface area (Å²) >= 11 is 0. The highest BCUT2D eigenvalue weighted by atomic mass is 32.2. The Morgan fingerprint density at radius 2 is 2.00 bits per heavy atom. The Hall–Kier alpha value is -1.60. The lowest BCUT2D eigenvalue weighted by molar-refractivity contribution is -0.125. The third-order valence-corrected chi connectivity index (χ3v) is 6.92. The number of ether oxygens (including phenoxy) is 1. The summed E-state index contributed by atoms with van der Waals surface area (Å²) in [6, 6.07) is 5.78. The van der Waals surface area contributed by atoms with Gasteiger partial charge in [-0.2, -0.15) is 4.31 Å². The molecular formula is C19H30N2O4S. The van der Waals surface area contributed by atoms with E-state index in [4.69, 9.17) is 4.74 Å². The van der Waals surface area contributed by atoms with Crippen LogP contribution >= 0.6 is 0 Å². The van der Waals surface area contributed by atoms with E-state index < -0.39 is 10.0 Å². The summed E-state index contributed by atoms with van der Waals surface area (Å²) in [5.41, 5.74) is 2.18. The molecule has 1 amide bonds. The fourth-order valence-corrected chi connectivity index (χ4v) is 4.74. The second kappa shape index (κ2) is 9.37. The smallest absolute Gasteiger partial charge is 0.223 e. The minimum Gasteiger partial charge on any atom is -0.497 e. The first kappa shape index (κ1) is 20.7. The van der Waals surface area contributed by atoms with Crippen LogP contribution in [0, 0.1) is 5.92 Å². The molecule has 2 rings (SSSR count). The molecule has 1 heterocycles. The lowest BCUT2D eigenvalue weighted by Gasteiger charge is -2.28. The van der Waals surface area contributed by atoms with Gasteiger partial charge >= 0.3 is 0 Å². The molecule has 0 unspecified atom stereocenters. The van der Waals surface area contributed by atoms with Crippen LogP contribution < -0.4 is 10.1 Å². The molecule has 0 saturated carbocycles. The predicted molar refractivity (Wildman–Crippen MR) is 103 cm³/mol. The van der Waals surface area contributed by atoms with Crippen LogP contribution in [0.3, 0.4) is 0 Å². The van der Waals surface area contributed by atoms with Crippen molar-refractivity contribution >= 4 is 15.9 Å². The second-order valence-corrected chi connectivity index (χ2v) is 8.78. The fraction of sp³-hybridized carbons (Fsp3) is 0.632. The largest absolute Gasteiger partial charge is 0.497 e. The van der Waals surface area contributed by atoms with Crippen LogP contribution in [-0.2, 0) is 27.8 Å². The van der Waals surface area contributed by atoms with Gasteiger partial charge in [0.15, 0.2) is 0 Å². The van der Waals surface area contributed by atoms with Gasteiger partial charge in [0.2, 0.25) is 15.9 Å². The normalized spacial score (nSPS) is 14.9. The summed E-state index contributed by atoms with van der Waals surface area (Å²) in [5.74, 6) is 0.894. The fourth-order valence-electron chi connectivity index (χ4n) is 3.27. The van der Waals surface area contributed by atoms with Crippen LogP contribution in [-0.4, -0.2) is 44.6 Å². The quantitative estimate of drug-likeness (QED) is 0.665. The van der Waals surface area contributed by atoms with Crippen LogP contribution in [0.5, 0.6) is 5.75 Å². The summed E-state index contributed by atoms with van der Waals surface area (Å²) in [4.78, 5) is 11.9. The number of nitrogens with zero attached hydrogens (tertiary/aromatic N) is 1. The number of carbonyl (C=O) groups is 1. The maximum atomic E-state index is 12.6. The number of benzene rings is 1. The van der Waals surface area contributed by atoms with Gasteiger partial charge in [-0.3, -0.25) is 4.79 Å². The molecule has 26 heavy (non-hydrogen) atoms. The summed E-state index contributed by atoms with van der Waals surface area (Å²) in [6.07, 6.45) is 2.73. The third-order valence-electron chi connectivity index (χ3n) is 5.02. The predicted octanol–water partition coefficient (Wildman–Crippen LogP) is 2.33. The van der Waals surface area contributed by atoms with Gasteiger partial charge in [-0.25, -0.2) is 8.42 Å². The van der Waals surface area contributed by atoms with E-state index in [1.165, 1.54) is 0 Å². The number of nitrogens with one attached hydrogen (secondary N) is 1. The molecule has 7 heteroatoms. The molecule has 146 valence electrons. The first-order valence-electron chi connectivity index (χ1n) is 9.32. The summed E-state index contributed by atoms with van der Waals surface area (Å²) in [6.45, 7) is 5.27. The summed E-state index contributed by atoms with van der Waals surface area (Å²) in [5, 5.41) is 2.85. The first-order valence-corrected chi connectivity index (χ1v) is 10.9. The van der Waals surface area contributed by atoms with E-state index in [2.05, 4.69) is 5.32 Å². The Labute approximate surface area is 157 Å². The molecule has 0 spiro atoms. The zero-order chi connectivity index (χ0) is 19.2. The highest BCUT2D eigenvalue weighted by molar-refractivity contribution is 7.89. The molecule has 1 aromatic carbocycles. The Bertz CT molecular complexity index is 714. The zero-order valence-corrected chi connectivity index (χ0v) is 16.8. The van der Waals surface area contributed by atoms with Crippen LogP contribution in [0.1, 0.15) is 44.2 Å². The Morgan fingerprint density at radius 1 is 1.27 bits per heavy atom. The second-order valence-electron chi connectivity index (χ2n) is 6.69. The van der Waals surface area contributed by atoms with Gasteiger partial charge < -0.3 is 10.1 Å². The van der Waals surface area contributed by atoms with Gasteiger partial charge in [0.25, 0.3) is 0 Å². The average molecular weight is 383 g/mol. The third kappa shape index (κ3) is 5.20. The molecular weight excluding hydrogens is 352 g/mol. The van der Waals surface area contributed by atoms with E-state index in [-0.39, 0.29) is 17.6 Å². The van der Waals surface area contributed by atoms with E-state index in [9.17, 15) is 13.2 Å². The molecule has 1 N–H and O–H groups in total. The van der Waals surface area contributed by atoms with Crippen molar-refractivity contribution in [3.8, 4) is 5.75 Å². The van der Waals surface area contributed by atoms with Crippen molar-refractivity contribution in [1.29, 1.82) is 0 Å². The van der Waals surface area contributed by atoms with Gasteiger partial charge in [0.05, 0.1) is 12.9 Å². The number of hydrogen-bond acceptors (Lipinski definition) is 4. The van der Waals surface area contributed by atoms with Crippen LogP contribution in [0.25, 0.3) is 0 Å². The highest BCUT2D eigenvalue weighted by Gasteiger charge is 2.26. The van der Waals surface area contributed by atoms with Crippen molar-refractivity contribution in [3.05, 3.63) is 29.3 Å².